The van der Waals surface area contributed by atoms with Crippen LogP contribution in [0.1, 0.15) is 32.8 Å². The van der Waals surface area contributed by atoms with Gasteiger partial charge in [-0.05, 0) is 50.5 Å². The molecule has 0 bridgehead atoms. The van der Waals surface area contributed by atoms with E-state index in [9.17, 15) is 10.1 Å². The van der Waals surface area contributed by atoms with Crippen molar-refractivity contribution in [2.45, 2.75) is 34.1 Å². The number of anilines is 1. The van der Waals surface area contributed by atoms with Crippen molar-refractivity contribution in [2.24, 2.45) is 0 Å². The maximum atomic E-state index is 12.4. The SMILES string of the molecule is Cc1cc(C)c2c(CC(=O)Nc3sc(C)c(C)c3C#N)noc2c1. The van der Waals surface area contributed by atoms with E-state index in [4.69, 9.17) is 4.52 Å². The van der Waals surface area contributed by atoms with Gasteiger partial charge in [-0.1, -0.05) is 11.2 Å². The van der Waals surface area contributed by atoms with Crippen LogP contribution in [0.2, 0.25) is 0 Å². The molecule has 0 spiro atoms. The van der Waals surface area contributed by atoms with Crippen LogP contribution < -0.4 is 5.32 Å². The highest BCUT2D eigenvalue weighted by Crippen LogP contribution is 2.32. The minimum Gasteiger partial charge on any atom is -0.356 e. The number of benzene rings is 1. The van der Waals surface area contributed by atoms with E-state index in [-0.39, 0.29) is 12.3 Å². The van der Waals surface area contributed by atoms with Crippen LogP contribution in [-0.2, 0) is 11.2 Å². The molecule has 122 valence electrons. The molecular formula is C18H17N3O2S. The molecule has 1 aromatic carbocycles. The summed E-state index contributed by atoms with van der Waals surface area (Å²) < 4.78 is 5.35. The topological polar surface area (TPSA) is 78.9 Å². The Hall–Kier alpha value is -2.65. The first-order valence-corrected chi connectivity index (χ1v) is 8.37. The first-order valence-electron chi connectivity index (χ1n) is 7.56. The Kier molecular flexibility index (Phi) is 4.12. The molecule has 5 nitrogen and oxygen atoms in total. The number of amides is 1. The first-order chi connectivity index (χ1) is 11.4. The standard InChI is InChI=1S/C18H17N3O2S/c1-9-5-10(2)17-14(21-23-15(17)6-9)7-16(22)20-18-13(8-19)11(3)12(4)24-18/h5-6H,7H2,1-4H3,(H,20,22). The summed E-state index contributed by atoms with van der Waals surface area (Å²) >= 11 is 1.42. The van der Waals surface area contributed by atoms with Gasteiger partial charge in [0, 0.05) is 10.3 Å². The largest absolute Gasteiger partial charge is 0.356 e. The average molecular weight is 339 g/mol. The van der Waals surface area contributed by atoms with Gasteiger partial charge in [-0.2, -0.15) is 5.26 Å². The van der Waals surface area contributed by atoms with E-state index in [1.165, 1.54) is 11.3 Å². The van der Waals surface area contributed by atoms with Crippen molar-refractivity contribution in [2.75, 3.05) is 5.32 Å². The van der Waals surface area contributed by atoms with E-state index >= 15 is 0 Å². The fraction of sp³-hybridized carbons (Fsp3) is 0.278. The van der Waals surface area contributed by atoms with Crippen molar-refractivity contribution in [3.05, 3.63) is 45.0 Å². The van der Waals surface area contributed by atoms with Crippen LogP contribution in [0.3, 0.4) is 0 Å². The van der Waals surface area contributed by atoms with E-state index in [1.54, 1.807) is 0 Å². The van der Waals surface area contributed by atoms with Crippen molar-refractivity contribution in [1.82, 2.24) is 5.16 Å². The molecule has 3 aromatic rings. The quantitative estimate of drug-likeness (QED) is 0.776. The molecule has 0 fully saturated rings. The van der Waals surface area contributed by atoms with Crippen LogP contribution in [0.4, 0.5) is 5.00 Å². The number of nitrogens with zero attached hydrogens (tertiary/aromatic N) is 2. The third-order valence-corrected chi connectivity index (χ3v) is 5.19. The maximum Gasteiger partial charge on any atom is 0.231 e. The van der Waals surface area contributed by atoms with Crippen LogP contribution in [0.15, 0.2) is 16.7 Å². The molecule has 0 saturated carbocycles. The normalized spacial score (nSPS) is 10.8. The van der Waals surface area contributed by atoms with Gasteiger partial charge in [0.05, 0.1) is 12.0 Å². The molecular weight excluding hydrogens is 322 g/mol. The summed E-state index contributed by atoms with van der Waals surface area (Å²) in [6.45, 7) is 7.80. The molecule has 0 aliphatic carbocycles. The number of thiophene rings is 1. The number of hydrogen-bond acceptors (Lipinski definition) is 5. The van der Waals surface area contributed by atoms with Gasteiger partial charge in [-0.15, -0.1) is 11.3 Å². The van der Waals surface area contributed by atoms with Gasteiger partial charge < -0.3 is 9.84 Å². The van der Waals surface area contributed by atoms with Gasteiger partial charge in [0.2, 0.25) is 5.91 Å². The molecule has 2 heterocycles. The molecule has 0 saturated heterocycles. The maximum absolute atomic E-state index is 12.4. The molecule has 0 atom stereocenters. The van der Waals surface area contributed by atoms with Gasteiger partial charge in [-0.3, -0.25) is 4.79 Å². The number of carbonyl (C=O) groups excluding carboxylic acids is 1. The second-order valence-electron chi connectivity index (χ2n) is 5.91. The zero-order valence-corrected chi connectivity index (χ0v) is 14.8. The number of hydrogen-bond donors (Lipinski definition) is 1. The van der Waals surface area contributed by atoms with E-state index in [1.807, 2.05) is 39.8 Å². The Labute approximate surface area is 143 Å². The Morgan fingerprint density at radius 1 is 1.33 bits per heavy atom. The third-order valence-electron chi connectivity index (χ3n) is 4.06. The van der Waals surface area contributed by atoms with Gasteiger partial charge in [-0.25, -0.2) is 0 Å². The summed E-state index contributed by atoms with van der Waals surface area (Å²) in [5.41, 5.74) is 4.88. The zero-order valence-electron chi connectivity index (χ0n) is 14.0. The van der Waals surface area contributed by atoms with E-state index in [0.717, 1.165) is 27.0 Å². The minimum atomic E-state index is -0.206. The summed E-state index contributed by atoms with van der Waals surface area (Å²) in [6, 6.07) is 6.11. The Balaban J connectivity index is 1.86. The fourth-order valence-electron chi connectivity index (χ4n) is 2.81. The Morgan fingerprint density at radius 2 is 2.08 bits per heavy atom. The lowest BCUT2D eigenvalue weighted by molar-refractivity contribution is -0.115. The number of aromatic nitrogens is 1. The molecule has 0 aliphatic rings. The van der Waals surface area contributed by atoms with E-state index in [0.29, 0.717) is 21.8 Å². The van der Waals surface area contributed by atoms with Crippen LogP contribution in [0.25, 0.3) is 11.0 Å². The van der Waals surface area contributed by atoms with Gasteiger partial charge in [0.15, 0.2) is 5.58 Å². The predicted octanol–water partition coefficient (Wildman–Crippen LogP) is 4.18. The molecule has 0 radical (unpaired) electrons. The van der Waals surface area contributed by atoms with Crippen LogP contribution in [-0.4, -0.2) is 11.1 Å². The van der Waals surface area contributed by atoms with Gasteiger partial charge >= 0.3 is 0 Å². The molecule has 1 N–H and O–H groups in total. The summed E-state index contributed by atoms with van der Waals surface area (Å²) in [4.78, 5) is 13.4. The monoisotopic (exact) mass is 339 g/mol. The summed E-state index contributed by atoms with van der Waals surface area (Å²) in [6.07, 6.45) is 0.109. The molecule has 3 rings (SSSR count). The van der Waals surface area contributed by atoms with Crippen LogP contribution in [0, 0.1) is 39.0 Å². The number of fused-ring (bicyclic) bond motifs is 1. The number of nitriles is 1. The fourth-order valence-corrected chi connectivity index (χ4v) is 3.84. The molecule has 2 aromatic heterocycles. The molecule has 0 aliphatic heterocycles. The first kappa shape index (κ1) is 16.2. The van der Waals surface area contributed by atoms with Crippen molar-refractivity contribution < 1.29 is 9.32 Å². The number of nitrogens with one attached hydrogen (secondary N) is 1. The smallest absolute Gasteiger partial charge is 0.231 e. The third kappa shape index (κ3) is 2.79. The lowest BCUT2D eigenvalue weighted by Crippen LogP contribution is -2.14. The second-order valence-corrected chi connectivity index (χ2v) is 7.13. The highest BCUT2D eigenvalue weighted by atomic mass is 32.1. The predicted molar refractivity (Wildman–Crippen MR) is 94.3 cm³/mol. The van der Waals surface area contributed by atoms with Crippen molar-refractivity contribution >= 4 is 33.2 Å². The Bertz CT molecular complexity index is 992. The minimum absolute atomic E-state index is 0.109. The van der Waals surface area contributed by atoms with Gasteiger partial charge in [0.1, 0.15) is 16.8 Å². The van der Waals surface area contributed by atoms with Crippen molar-refractivity contribution in [3.63, 3.8) is 0 Å². The van der Waals surface area contributed by atoms with Crippen molar-refractivity contribution in [3.8, 4) is 6.07 Å². The number of carbonyl (C=O) groups is 1. The molecule has 6 heteroatoms. The van der Waals surface area contributed by atoms with E-state index < -0.39 is 0 Å². The van der Waals surface area contributed by atoms with Crippen molar-refractivity contribution in [1.29, 1.82) is 5.26 Å². The van der Waals surface area contributed by atoms with Crippen LogP contribution in [0.5, 0.6) is 0 Å². The highest BCUT2D eigenvalue weighted by molar-refractivity contribution is 7.16. The highest BCUT2D eigenvalue weighted by Gasteiger charge is 2.18. The summed E-state index contributed by atoms with van der Waals surface area (Å²) in [5, 5.41) is 17.6. The Morgan fingerprint density at radius 3 is 2.79 bits per heavy atom. The molecule has 1 amide bonds. The number of rotatable bonds is 3. The van der Waals surface area contributed by atoms with Gasteiger partial charge in [0.25, 0.3) is 0 Å². The molecule has 0 unspecified atom stereocenters. The lowest BCUT2D eigenvalue weighted by atomic mass is 10.0. The zero-order chi connectivity index (χ0) is 17.4. The van der Waals surface area contributed by atoms with E-state index in [2.05, 4.69) is 16.5 Å². The number of aryl methyl sites for hydroxylation is 3. The van der Waals surface area contributed by atoms with Crippen LogP contribution >= 0.6 is 11.3 Å². The average Bonchev–Trinajstić information content (AvgIpc) is 3.01. The molecule has 24 heavy (non-hydrogen) atoms. The second kappa shape index (κ2) is 6.10. The lowest BCUT2D eigenvalue weighted by Gasteiger charge is -2.03. The summed E-state index contributed by atoms with van der Waals surface area (Å²) in [7, 11) is 0. The summed E-state index contributed by atoms with van der Waals surface area (Å²) in [5.74, 6) is -0.206.